The lowest BCUT2D eigenvalue weighted by atomic mass is 9.99. The lowest BCUT2D eigenvalue weighted by Gasteiger charge is -2.42. The molecule has 252 valence electrons. The van der Waals surface area contributed by atoms with Gasteiger partial charge in [0.25, 0.3) is 0 Å². The van der Waals surface area contributed by atoms with Crippen molar-refractivity contribution in [3.8, 4) is 12.1 Å². The van der Waals surface area contributed by atoms with Gasteiger partial charge in [-0.3, -0.25) is 4.79 Å². The molecule has 3 fully saturated rings. The van der Waals surface area contributed by atoms with E-state index in [1.54, 1.807) is 4.90 Å². The minimum atomic E-state index is -0.244. The number of amides is 1. The Labute approximate surface area is 284 Å². The molecule has 1 saturated heterocycles. The predicted molar refractivity (Wildman–Crippen MR) is 188 cm³/mol. The molecule has 7 rings (SSSR count). The molecule has 48 heavy (non-hydrogen) atoms. The van der Waals surface area contributed by atoms with E-state index < -0.39 is 0 Å². The van der Waals surface area contributed by atoms with Crippen LogP contribution in [0.4, 0.5) is 11.5 Å². The average molecular weight is 649 g/mol. The molecule has 2 saturated carbocycles. The molecule has 4 aliphatic rings. The van der Waals surface area contributed by atoms with E-state index in [4.69, 9.17) is 19.4 Å². The number of aromatic nitrogens is 2. The van der Waals surface area contributed by atoms with Crippen LogP contribution >= 0.6 is 0 Å². The Morgan fingerprint density at radius 1 is 1.12 bits per heavy atom. The van der Waals surface area contributed by atoms with Crippen molar-refractivity contribution in [2.75, 3.05) is 42.6 Å². The largest absolute Gasteiger partial charge is 0.463 e. The number of nitrogens with zero attached hydrogens (tertiary/aromatic N) is 6. The maximum atomic E-state index is 12.6. The van der Waals surface area contributed by atoms with Gasteiger partial charge >= 0.3 is 6.01 Å². The van der Waals surface area contributed by atoms with Crippen LogP contribution in [0.1, 0.15) is 69.2 Å². The van der Waals surface area contributed by atoms with Gasteiger partial charge in [-0.2, -0.15) is 15.2 Å². The zero-order chi connectivity index (χ0) is 33.4. The maximum absolute atomic E-state index is 12.6. The van der Waals surface area contributed by atoms with E-state index >= 15 is 0 Å². The molecule has 9 nitrogen and oxygen atoms in total. The Hall–Kier alpha value is -4.16. The third-order valence-corrected chi connectivity index (χ3v) is 11.3. The van der Waals surface area contributed by atoms with Crippen molar-refractivity contribution >= 4 is 28.2 Å². The first kappa shape index (κ1) is 32.4. The van der Waals surface area contributed by atoms with Crippen LogP contribution in [0.3, 0.4) is 0 Å². The summed E-state index contributed by atoms with van der Waals surface area (Å²) in [5, 5.41) is 12.1. The topological polar surface area (TPSA) is 94.8 Å². The summed E-state index contributed by atoms with van der Waals surface area (Å²) in [5.74, 6) is 0.891. The monoisotopic (exact) mass is 648 g/mol. The number of hydrogen-bond donors (Lipinski definition) is 0. The van der Waals surface area contributed by atoms with Crippen LogP contribution in [-0.4, -0.2) is 71.8 Å². The standard InChI is InChI=1S/C39H48N6O3/c1-5-35(46)45-21-20-44(23-30(45)13-18-40)37-32-14-19-43(34-11-7-10-29-9-6-8-26(2)36(29)34)24-33(32)41-38(42-37)47-25-27(3)28(4)48-31-12-15-39(22-31)16-17-39/h5-11,27-28,30-31H,1,12-17,19-25H2,2-4H3/t27-,28?,30-,31?/m0/s1. The van der Waals surface area contributed by atoms with Crippen LogP contribution < -0.4 is 14.5 Å². The Kier molecular flexibility index (Phi) is 9.04. The molecule has 2 unspecified atom stereocenters. The summed E-state index contributed by atoms with van der Waals surface area (Å²) in [5.41, 5.74) is 5.14. The van der Waals surface area contributed by atoms with Crippen LogP contribution in [0.25, 0.3) is 10.8 Å². The van der Waals surface area contributed by atoms with Gasteiger partial charge in [0.2, 0.25) is 5.91 Å². The lowest BCUT2D eigenvalue weighted by molar-refractivity contribution is -0.128. The summed E-state index contributed by atoms with van der Waals surface area (Å²) in [6.45, 7) is 13.8. The maximum Gasteiger partial charge on any atom is 0.318 e. The van der Waals surface area contributed by atoms with Gasteiger partial charge in [-0.15, -0.1) is 0 Å². The number of rotatable bonds is 10. The molecule has 3 heterocycles. The van der Waals surface area contributed by atoms with Crippen LogP contribution in [0.2, 0.25) is 0 Å². The van der Waals surface area contributed by atoms with E-state index in [1.165, 1.54) is 60.2 Å². The number of ether oxygens (including phenoxy) is 2. The van der Waals surface area contributed by atoms with Gasteiger partial charge in [-0.1, -0.05) is 43.8 Å². The first-order valence-corrected chi connectivity index (χ1v) is 17.7. The fourth-order valence-electron chi connectivity index (χ4n) is 8.10. The second-order valence-corrected chi connectivity index (χ2v) is 14.6. The predicted octanol–water partition coefficient (Wildman–Crippen LogP) is 6.37. The Morgan fingerprint density at radius 2 is 1.94 bits per heavy atom. The fourth-order valence-corrected chi connectivity index (χ4v) is 8.10. The van der Waals surface area contributed by atoms with E-state index in [0.29, 0.717) is 50.3 Å². The highest BCUT2D eigenvalue weighted by atomic mass is 16.5. The molecule has 0 radical (unpaired) electrons. The van der Waals surface area contributed by atoms with Gasteiger partial charge < -0.3 is 24.2 Å². The summed E-state index contributed by atoms with van der Waals surface area (Å²) in [6, 6.07) is 15.4. The first-order valence-electron chi connectivity index (χ1n) is 17.7. The molecular weight excluding hydrogens is 600 g/mol. The number of anilines is 2. The van der Waals surface area contributed by atoms with Gasteiger partial charge in [0.15, 0.2) is 0 Å². The third-order valence-electron chi connectivity index (χ3n) is 11.3. The van der Waals surface area contributed by atoms with Crippen LogP contribution in [-0.2, 0) is 22.5 Å². The highest BCUT2D eigenvalue weighted by Crippen LogP contribution is 2.58. The van der Waals surface area contributed by atoms with Crippen molar-refractivity contribution in [2.24, 2.45) is 11.3 Å². The minimum Gasteiger partial charge on any atom is -0.463 e. The second kappa shape index (κ2) is 13.4. The smallest absolute Gasteiger partial charge is 0.318 e. The fraction of sp³-hybridized carbons (Fsp3) is 0.538. The second-order valence-electron chi connectivity index (χ2n) is 14.6. The van der Waals surface area contributed by atoms with Gasteiger partial charge in [0.05, 0.1) is 49.6 Å². The normalized spacial score (nSPS) is 22.7. The molecule has 0 bridgehead atoms. The molecule has 1 aromatic heterocycles. The highest BCUT2D eigenvalue weighted by molar-refractivity contribution is 5.97. The molecule has 2 aromatic carbocycles. The third kappa shape index (κ3) is 6.47. The Bertz CT molecular complexity index is 1730. The number of carbonyl (C=O) groups excluding carboxylic acids is 1. The summed E-state index contributed by atoms with van der Waals surface area (Å²) in [6.07, 6.45) is 9.21. The molecule has 0 N–H and O–H groups in total. The number of nitriles is 1. The Morgan fingerprint density at radius 3 is 2.69 bits per heavy atom. The van der Waals surface area contributed by atoms with Gasteiger partial charge in [0.1, 0.15) is 5.82 Å². The quantitative estimate of drug-likeness (QED) is 0.234. The van der Waals surface area contributed by atoms with Crippen molar-refractivity contribution in [1.82, 2.24) is 14.9 Å². The van der Waals surface area contributed by atoms with Crippen LogP contribution in [0.15, 0.2) is 49.1 Å². The summed E-state index contributed by atoms with van der Waals surface area (Å²) in [7, 11) is 0. The van der Waals surface area contributed by atoms with Gasteiger partial charge in [-0.25, -0.2) is 0 Å². The average Bonchev–Trinajstić information content (AvgIpc) is 3.75. The van der Waals surface area contributed by atoms with Gasteiger partial charge in [-0.05, 0) is 80.9 Å². The minimum absolute atomic E-state index is 0.0771. The van der Waals surface area contributed by atoms with Crippen molar-refractivity contribution < 1.29 is 14.3 Å². The van der Waals surface area contributed by atoms with Crippen molar-refractivity contribution in [3.63, 3.8) is 0 Å². The van der Waals surface area contributed by atoms with Crippen molar-refractivity contribution in [1.29, 1.82) is 5.26 Å². The molecule has 2 aliphatic carbocycles. The summed E-state index contributed by atoms with van der Waals surface area (Å²) in [4.78, 5) is 29.1. The van der Waals surface area contributed by atoms with E-state index in [-0.39, 0.29) is 30.4 Å². The number of carbonyl (C=O) groups is 1. The zero-order valence-corrected chi connectivity index (χ0v) is 28.7. The van der Waals surface area contributed by atoms with E-state index in [2.05, 4.69) is 79.6 Å². The Balaban J connectivity index is 1.15. The first-order chi connectivity index (χ1) is 23.3. The number of benzene rings is 2. The molecule has 1 amide bonds. The molecular formula is C39H48N6O3. The molecule has 1 spiro atoms. The SMILES string of the molecule is C=CC(=O)N1CCN(c2nc(OC[C@H](C)C(C)OC3CCC4(CC4)C3)nc3c2CCN(c2cccc4cccc(C)c24)C3)C[C@@H]1CC#N. The number of fused-ring (bicyclic) bond motifs is 2. The van der Waals surface area contributed by atoms with Crippen molar-refractivity contribution in [3.05, 3.63) is 65.9 Å². The summed E-state index contributed by atoms with van der Waals surface area (Å²) < 4.78 is 12.9. The van der Waals surface area contributed by atoms with Crippen LogP contribution in [0.5, 0.6) is 6.01 Å². The van der Waals surface area contributed by atoms with E-state index in [0.717, 1.165) is 30.0 Å². The highest BCUT2D eigenvalue weighted by Gasteiger charge is 2.48. The number of piperazine rings is 1. The zero-order valence-electron chi connectivity index (χ0n) is 28.7. The van der Waals surface area contributed by atoms with E-state index in [9.17, 15) is 10.1 Å². The molecule has 3 aromatic rings. The van der Waals surface area contributed by atoms with E-state index in [1.807, 2.05) is 0 Å². The molecule has 9 heteroatoms. The lowest BCUT2D eigenvalue weighted by Crippen LogP contribution is -2.55. The summed E-state index contributed by atoms with van der Waals surface area (Å²) >= 11 is 0. The number of aryl methyl sites for hydroxylation is 1. The van der Waals surface area contributed by atoms with Crippen molar-refractivity contribution in [2.45, 2.75) is 90.5 Å². The van der Waals surface area contributed by atoms with Gasteiger partial charge in [0, 0.05) is 48.7 Å². The molecule has 4 atom stereocenters. The molecule has 2 aliphatic heterocycles. The van der Waals surface area contributed by atoms with Crippen LogP contribution in [0, 0.1) is 29.6 Å². The number of hydrogen-bond acceptors (Lipinski definition) is 8.